The molecule has 2 heterocycles. The minimum Gasteiger partial charge on any atom is -0.478 e. The molecule has 94 valence electrons. The highest BCUT2D eigenvalue weighted by molar-refractivity contribution is 7.99. The summed E-state index contributed by atoms with van der Waals surface area (Å²) in [6, 6.07) is 1.23. The van der Waals surface area contributed by atoms with Crippen molar-refractivity contribution in [1.29, 1.82) is 0 Å². The van der Waals surface area contributed by atoms with Crippen molar-refractivity contribution in [2.24, 2.45) is 0 Å². The molecule has 0 spiro atoms. The van der Waals surface area contributed by atoms with Crippen LogP contribution >= 0.6 is 23.1 Å². The molecule has 8 heteroatoms. The molecule has 1 N–H and O–H groups in total. The molecule has 17 heavy (non-hydrogen) atoms. The second-order valence-electron chi connectivity index (χ2n) is 3.48. The Kier molecular flexibility index (Phi) is 3.76. The van der Waals surface area contributed by atoms with Crippen LogP contribution in [0.1, 0.15) is 10.4 Å². The first kappa shape index (κ1) is 12.9. The Hall–Kier alpha value is -0.570. The Morgan fingerprint density at radius 1 is 1.35 bits per heavy atom. The van der Waals surface area contributed by atoms with Gasteiger partial charge >= 0.3 is 5.97 Å². The maximum absolute atomic E-state index is 12.2. The average Bonchev–Trinajstić information content (AvgIpc) is 2.80. The number of thiophene rings is 1. The zero-order valence-electron chi connectivity index (χ0n) is 8.83. The summed E-state index contributed by atoms with van der Waals surface area (Å²) in [6.07, 6.45) is 0. The third-order valence-corrected chi connectivity index (χ3v) is 6.64. The number of carboxylic acid groups (broad SMARTS) is 1. The molecule has 2 rings (SSSR count). The standard InChI is InChI=1S/C9H11NO4S3/c11-9(12)7-5-8(16-6-7)17(13,14)10-1-3-15-4-2-10/h5-6H,1-4H2,(H,11,12). The highest BCUT2D eigenvalue weighted by atomic mass is 32.2. The fraction of sp³-hybridized carbons (Fsp3) is 0.444. The maximum Gasteiger partial charge on any atom is 0.336 e. The molecular formula is C9H11NO4S3. The van der Waals surface area contributed by atoms with Gasteiger partial charge in [0.15, 0.2) is 0 Å². The summed E-state index contributed by atoms with van der Waals surface area (Å²) in [5, 5.41) is 10.1. The zero-order valence-corrected chi connectivity index (χ0v) is 11.3. The van der Waals surface area contributed by atoms with Gasteiger partial charge in [-0.05, 0) is 6.07 Å². The van der Waals surface area contributed by atoms with Crippen molar-refractivity contribution in [3.63, 3.8) is 0 Å². The molecule has 1 aliphatic heterocycles. The van der Waals surface area contributed by atoms with E-state index in [-0.39, 0.29) is 9.77 Å². The number of hydrogen-bond donors (Lipinski definition) is 1. The minimum atomic E-state index is -3.50. The predicted molar refractivity (Wildman–Crippen MR) is 67.4 cm³/mol. The van der Waals surface area contributed by atoms with E-state index in [2.05, 4.69) is 0 Å². The van der Waals surface area contributed by atoms with Gasteiger partial charge in [0.05, 0.1) is 5.56 Å². The number of carbonyl (C=O) groups is 1. The Balaban J connectivity index is 2.27. The molecule has 0 amide bonds. The highest BCUT2D eigenvalue weighted by Gasteiger charge is 2.28. The van der Waals surface area contributed by atoms with Gasteiger partial charge in [-0.2, -0.15) is 16.1 Å². The largest absolute Gasteiger partial charge is 0.478 e. The molecule has 0 aliphatic carbocycles. The van der Waals surface area contributed by atoms with Gasteiger partial charge in [-0.15, -0.1) is 11.3 Å². The van der Waals surface area contributed by atoms with E-state index in [1.807, 2.05) is 0 Å². The van der Waals surface area contributed by atoms with E-state index in [9.17, 15) is 13.2 Å². The number of nitrogens with zero attached hydrogens (tertiary/aromatic N) is 1. The van der Waals surface area contributed by atoms with Crippen LogP contribution in [0.5, 0.6) is 0 Å². The molecule has 1 aromatic rings. The third-order valence-electron chi connectivity index (χ3n) is 2.39. The van der Waals surface area contributed by atoms with Crippen LogP contribution in [0, 0.1) is 0 Å². The summed E-state index contributed by atoms with van der Waals surface area (Å²) in [7, 11) is -3.50. The van der Waals surface area contributed by atoms with Gasteiger partial charge in [0, 0.05) is 30.0 Å². The smallest absolute Gasteiger partial charge is 0.336 e. The first-order chi connectivity index (χ1) is 8.01. The fourth-order valence-electron chi connectivity index (χ4n) is 1.48. The van der Waals surface area contributed by atoms with E-state index in [4.69, 9.17) is 5.11 Å². The van der Waals surface area contributed by atoms with Crippen molar-refractivity contribution in [3.05, 3.63) is 17.0 Å². The van der Waals surface area contributed by atoms with Gasteiger partial charge < -0.3 is 5.11 Å². The van der Waals surface area contributed by atoms with Gasteiger partial charge in [0.25, 0.3) is 10.0 Å². The molecule has 0 saturated carbocycles. The van der Waals surface area contributed by atoms with Crippen LogP contribution in [0.2, 0.25) is 0 Å². The predicted octanol–water partition coefficient (Wildman–Crippen LogP) is 1.18. The number of carboxylic acids is 1. The van der Waals surface area contributed by atoms with Crippen molar-refractivity contribution in [2.75, 3.05) is 24.6 Å². The summed E-state index contributed by atoms with van der Waals surface area (Å²) < 4.78 is 25.8. The van der Waals surface area contributed by atoms with Crippen LogP contribution in [0.4, 0.5) is 0 Å². The summed E-state index contributed by atoms with van der Waals surface area (Å²) in [5.74, 6) is 0.476. The second-order valence-corrected chi connectivity index (χ2v) is 7.78. The van der Waals surface area contributed by atoms with Gasteiger partial charge in [-0.1, -0.05) is 0 Å². The highest BCUT2D eigenvalue weighted by Crippen LogP contribution is 2.25. The Morgan fingerprint density at radius 2 is 2.00 bits per heavy atom. The van der Waals surface area contributed by atoms with Gasteiger partial charge in [-0.3, -0.25) is 0 Å². The molecular weight excluding hydrogens is 282 g/mol. The lowest BCUT2D eigenvalue weighted by Gasteiger charge is -2.24. The van der Waals surface area contributed by atoms with E-state index >= 15 is 0 Å². The second kappa shape index (κ2) is 4.97. The lowest BCUT2D eigenvalue weighted by Crippen LogP contribution is -2.37. The van der Waals surface area contributed by atoms with E-state index in [1.54, 1.807) is 11.8 Å². The summed E-state index contributed by atoms with van der Waals surface area (Å²) >= 11 is 2.68. The molecule has 0 bridgehead atoms. The molecule has 1 aromatic heterocycles. The van der Waals surface area contributed by atoms with Crippen molar-refractivity contribution < 1.29 is 18.3 Å². The average molecular weight is 293 g/mol. The van der Waals surface area contributed by atoms with Gasteiger partial charge in [0.1, 0.15) is 4.21 Å². The number of hydrogen-bond acceptors (Lipinski definition) is 5. The summed E-state index contributed by atoms with van der Waals surface area (Å²) in [6.45, 7) is 0.987. The number of thioether (sulfide) groups is 1. The number of sulfonamides is 1. The van der Waals surface area contributed by atoms with Crippen LogP contribution in [-0.4, -0.2) is 48.4 Å². The normalized spacial score (nSPS) is 18.1. The van der Waals surface area contributed by atoms with E-state index in [0.29, 0.717) is 13.1 Å². The monoisotopic (exact) mass is 293 g/mol. The van der Waals surface area contributed by atoms with Crippen molar-refractivity contribution in [3.8, 4) is 0 Å². The molecule has 1 fully saturated rings. The first-order valence-corrected chi connectivity index (χ1v) is 8.39. The minimum absolute atomic E-state index is 0.0277. The Labute approximate surface area is 107 Å². The van der Waals surface area contributed by atoms with Crippen molar-refractivity contribution in [1.82, 2.24) is 4.31 Å². The lowest BCUT2D eigenvalue weighted by molar-refractivity contribution is 0.0697. The fourth-order valence-corrected chi connectivity index (χ4v) is 5.36. The lowest BCUT2D eigenvalue weighted by atomic mass is 10.4. The summed E-state index contributed by atoms with van der Waals surface area (Å²) in [4.78, 5) is 10.7. The molecule has 1 saturated heterocycles. The molecule has 1 aliphatic rings. The molecule has 0 aromatic carbocycles. The third kappa shape index (κ3) is 2.65. The van der Waals surface area contributed by atoms with Gasteiger partial charge in [0.2, 0.25) is 0 Å². The number of rotatable bonds is 3. The van der Waals surface area contributed by atoms with Crippen LogP contribution in [0.25, 0.3) is 0 Å². The van der Waals surface area contributed by atoms with E-state index in [1.165, 1.54) is 15.8 Å². The molecule has 5 nitrogen and oxygen atoms in total. The van der Waals surface area contributed by atoms with Crippen LogP contribution < -0.4 is 0 Å². The SMILES string of the molecule is O=C(O)c1csc(S(=O)(=O)N2CCSCC2)c1. The van der Waals surface area contributed by atoms with Crippen LogP contribution in [-0.2, 0) is 10.0 Å². The van der Waals surface area contributed by atoms with E-state index < -0.39 is 16.0 Å². The Morgan fingerprint density at radius 3 is 2.53 bits per heavy atom. The summed E-state index contributed by atoms with van der Waals surface area (Å²) in [5.41, 5.74) is 0.0277. The van der Waals surface area contributed by atoms with E-state index in [0.717, 1.165) is 22.8 Å². The topological polar surface area (TPSA) is 74.7 Å². The first-order valence-electron chi connectivity index (χ1n) is 4.91. The quantitative estimate of drug-likeness (QED) is 0.906. The maximum atomic E-state index is 12.2. The molecule has 0 unspecified atom stereocenters. The Bertz CT molecular complexity index is 516. The zero-order chi connectivity index (χ0) is 12.5. The number of aromatic carboxylic acids is 1. The van der Waals surface area contributed by atoms with Gasteiger partial charge in [-0.25, -0.2) is 13.2 Å². The van der Waals surface area contributed by atoms with Crippen LogP contribution in [0.15, 0.2) is 15.7 Å². The van der Waals surface area contributed by atoms with Crippen molar-refractivity contribution >= 4 is 39.1 Å². The van der Waals surface area contributed by atoms with Crippen LogP contribution in [0.3, 0.4) is 0 Å². The van der Waals surface area contributed by atoms with Crippen molar-refractivity contribution in [2.45, 2.75) is 4.21 Å². The molecule has 0 atom stereocenters. The molecule has 0 radical (unpaired) electrons.